The van der Waals surface area contributed by atoms with Gasteiger partial charge in [0.05, 0.1) is 18.2 Å². The molecule has 0 radical (unpaired) electrons. The second-order valence-corrected chi connectivity index (χ2v) is 12.2. The highest BCUT2D eigenvalue weighted by molar-refractivity contribution is 5.41. The van der Waals surface area contributed by atoms with Crippen LogP contribution in [-0.2, 0) is 13.1 Å². The predicted octanol–water partition coefficient (Wildman–Crippen LogP) is 3.31. The van der Waals surface area contributed by atoms with Crippen LogP contribution in [0.1, 0.15) is 75.7 Å². The van der Waals surface area contributed by atoms with Crippen molar-refractivity contribution in [3.8, 4) is 6.07 Å². The zero-order valence-corrected chi connectivity index (χ0v) is 24.9. The molecule has 5 rings (SSSR count). The first-order chi connectivity index (χ1) is 20.2. The fourth-order valence-electron chi connectivity index (χ4n) is 6.18. The van der Waals surface area contributed by atoms with Gasteiger partial charge in [-0.2, -0.15) is 10.2 Å². The van der Waals surface area contributed by atoms with Crippen molar-refractivity contribution in [2.45, 2.75) is 77.9 Å². The second-order valence-electron chi connectivity index (χ2n) is 12.2. The molecule has 1 unspecified atom stereocenters. The Morgan fingerprint density at radius 2 is 1.86 bits per heavy atom. The van der Waals surface area contributed by atoms with Gasteiger partial charge in [-0.1, -0.05) is 38.1 Å². The largest absolute Gasteiger partial charge is 0.356 e. The number of piperidine rings is 2. The van der Waals surface area contributed by atoms with Crippen LogP contribution >= 0.6 is 0 Å². The van der Waals surface area contributed by atoms with Crippen molar-refractivity contribution in [1.82, 2.24) is 19.3 Å². The van der Waals surface area contributed by atoms with E-state index < -0.39 is 0 Å². The van der Waals surface area contributed by atoms with Crippen LogP contribution in [0.3, 0.4) is 0 Å². The smallest absolute Gasteiger partial charge is 0.332 e. The molecule has 224 valence electrons. The van der Waals surface area contributed by atoms with Gasteiger partial charge < -0.3 is 20.1 Å². The summed E-state index contributed by atoms with van der Waals surface area (Å²) in [4.78, 5) is 36.0. The van der Waals surface area contributed by atoms with Crippen LogP contribution < -0.4 is 26.8 Å². The van der Waals surface area contributed by atoms with E-state index in [4.69, 9.17) is 10.3 Å². The van der Waals surface area contributed by atoms with Crippen LogP contribution in [0.5, 0.6) is 0 Å². The van der Waals surface area contributed by atoms with E-state index >= 15 is 0 Å². The van der Waals surface area contributed by atoms with Gasteiger partial charge in [-0.05, 0) is 61.6 Å². The average molecular weight is 575 g/mol. The fourth-order valence-corrected chi connectivity index (χ4v) is 6.18. The van der Waals surface area contributed by atoms with Gasteiger partial charge in [0.15, 0.2) is 5.82 Å². The Hall–Kier alpha value is -3.91. The summed E-state index contributed by atoms with van der Waals surface area (Å²) in [6.45, 7) is 9.97. The Balaban J connectivity index is 1.31. The van der Waals surface area contributed by atoms with Crippen LogP contribution in [-0.4, -0.2) is 51.5 Å². The molecular formula is C31H42N8O3. The van der Waals surface area contributed by atoms with Crippen molar-refractivity contribution < 1.29 is 4.52 Å². The molecule has 42 heavy (non-hydrogen) atoms. The summed E-state index contributed by atoms with van der Waals surface area (Å²) < 4.78 is 8.53. The number of nitriles is 1. The Morgan fingerprint density at radius 3 is 2.55 bits per heavy atom. The molecule has 2 saturated heterocycles. The first-order valence-corrected chi connectivity index (χ1v) is 15.2. The molecule has 0 spiro atoms. The van der Waals surface area contributed by atoms with Gasteiger partial charge in [0, 0.05) is 50.7 Å². The third-order valence-electron chi connectivity index (χ3n) is 8.81. The zero-order chi connectivity index (χ0) is 29.8. The van der Waals surface area contributed by atoms with E-state index in [2.05, 4.69) is 32.9 Å². The molecule has 0 amide bonds. The lowest BCUT2D eigenvalue weighted by Gasteiger charge is -2.34. The molecule has 2 N–H and O–H groups in total. The molecular weight excluding hydrogens is 532 g/mol. The highest BCUT2D eigenvalue weighted by Gasteiger charge is 2.28. The number of rotatable bonds is 9. The number of benzene rings is 1. The highest BCUT2D eigenvalue weighted by Crippen LogP contribution is 2.30. The molecule has 2 atom stereocenters. The van der Waals surface area contributed by atoms with Gasteiger partial charge in [-0.25, -0.2) is 4.79 Å². The molecule has 2 aliphatic heterocycles. The summed E-state index contributed by atoms with van der Waals surface area (Å²) in [7, 11) is 0. The summed E-state index contributed by atoms with van der Waals surface area (Å²) in [5.41, 5.74) is 7.02. The maximum Gasteiger partial charge on any atom is 0.332 e. The molecule has 0 bridgehead atoms. The molecule has 11 heteroatoms. The number of hydrogen-bond donors (Lipinski definition) is 1. The van der Waals surface area contributed by atoms with Crippen molar-refractivity contribution in [3.63, 3.8) is 0 Å². The minimum Gasteiger partial charge on any atom is -0.356 e. The van der Waals surface area contributed by atoms with E-state index in [-0.39, 0.29) is 29.8 Å². The summed E-state index contributed by atoms with van der Waals surface area (Å²) in [6, 6.07) is 11.6. The number of nitrogens with zero attached hydrogens (tertiary/aromatic N) is 7. The van der Waals surface area contributed by atoms with E-state index in [1.54, 1.807) is 22.8 Å². The van der Waals surface area contributed by atoms with Crippen LogP contribution in [0.4, 0.5) is 11.8 Å². The van der Waals surface area contributed by atoms with E-state index in [9.17, 15) is 14.9 Å². The van der Waals surface area contributed by atoms with Crippen molar-refractivity contribution in [3.05, 3.63) is 68.1 Å². The molecule has 3 aromatic rings. The molecule has 0 aliphatic carbocycles. The minimum atomic E-state index is -0.321. The Morgan fingerprint density at radius 1 is 1.07 bits per heavy atom. The first-order valence-electron chi connectivity index (χ1n) is 15.2. The molecule has 4 heterocycles. The third kappa shape index (κ3) is 6.59. The van der Waals surface area contributed by atoms with E-state index in [1.807, 2.05) is 26.0 Å². The minimum absolute atomic E-state index is 0.00370. The standard InChI is InChI=1S/C31H42N8O3/c1-21(2)29-34-30(42-35-29)36-13-10-25(11-14-36)22(3)9-15-38-28(40)17-27(37-12-5-8-26(33)20-37)39(31(38)41)19-24-7-4-6-23(16-24)18-32/h4,6-7,16-17,21-22,25-26H,5,8-15,19-20,33H2,1-3H3/t22?,26-/m1/s1. The van der Waals surface area contributed by atoms with E-state index in [0.29, 0.717) is 42.3 Å². The van der Waals surface area contributed by atoms with Crippen molar-refractivity contribution in [1.29, 1.82) is 5.26 Å². The van der Waals surface area contributed by atoms with Gasteiger partial charge in [0.25, 0.3) is 5.56 Å². The van der Waals surface area contributed by atoms with E-state index in [0.717, 1.165) is 63.1 Å². The molecule has 11 nitrogen and oxygen atoms in total. The first kappa shape index (κ1) is 29.6. The van der Waals surface area contributed by atoms with Crippen molar-refractivity contribution in [2.75, 3.05) is 36.0 Å². The quantitative estimate of drug-likeness (QED) is 0.408. The average Bonchev–Trinajstić information content (AvgIpc) is 3.49. The van der Waals surface area contributed by atoms with Gasteiger partial charge in [-0.15, -0.1) is 0 Å². The van der Waals surface area contributed by atoms with Gasteiger partial charge in [0.1, 0.15) is 5.82 Å². The van der Waals surface area contributed by atoms with Gasteiger partial charge in [0.2, 0.25) is 0 Å². The Labute approximate surface area is 246 Å². The van der Waals surface area contributed by atoms with Crippen molar-refractivity contribution >= 4 is 11.8 Å². The maximum absolute atomic E-state index is 13.9. The zero-order valence-electron chi connectivity index (χ0n) is 24.9. The summed E-state index contributed by atoms with van der Waals surface area (Å²) in [5, 5.41) is 13.5. The van der Waals surface area contributed by atoms with Crippen molar-refractivity contribution in [2.24, 2.45) is 17.6 Å². The third-order valence-corrected chi connectivity index (χ3v) is 8.81. The summed E-state index contributed by atoms with van der Waals surface area (Å²) in [6.07, 6.45) is 4.54. The second kappa shape index (κ2) is 12.9. The number of nitrogens with two attached hydrogens (primary N) is 1. The molecule has 2 aliphatic rings. The molecule has 2 fully saturated rings. The topological polar surface area (TPSA) is 139 Å². The van der Waals surface area contributed by atoms with Gasteiger partial charge >= 0.3 is 11.7 Å². The van der Waals surface area contributed by atoms with Crippen LogP contribution in [0.25, 0.3) is 0 Å². The number of anilines is 2. The lowest BCUT2D eigenvalue weighted by molar-refractivity contribution is 0.260. The number of aromatic nitrogens is 4. The van der Waals surface area contributed by atoms with E-state index in [1.165, 1.54) is 4.57 Å². The maximum atomic E-state index is 13.9. The highest BCUT2D eigenvalue weighted by atomic mass is 16.5. The van der Waals surface area contributed by atoms with Crippen LogP contribution in [0, 0.1) is 23.2 Å². The monoisotopic (exact) mass is 574 g/mol. The van der Waals surface area contributed by atoms with Gasteiger partial charge in [-0.3, -0.25) is 13.9 Å². The number of hydrogen-bond acceptors (Lipinski definition) is 9. The summed E-state index contributed by atoms with van der Waals surface area (Å²) >= 11 is 0. The lowest BCUT2D eigenvalue weighted by Crippen LogP contribution is -2.48. The predicted molar refractivity (Wildman–Crippen MR) is 162 cm³/mol. The molecule has 2 aromatic heterocycles. The molecule has 1 aromatic carbocycles. The van der Waals surface area contributed by atoms with Crippen LogP contribution in [0.2, 0.25) is 0 Å². The molecule has 0 saturated carbocycles. The van der Waals surface area contributed by atoms with Crippen LogP contribution in [0.15, 0.2) is 44.4 Å². The Bertz CT molecular complexity index is 1530. The Kier molecular flexibility index (Phi) is 9.12. The fraction of sp³-hybridized carbons (Fsp3) is 0.581. The summed E-state index contributed by atoms with van der Waals surface area (Å²) in [5.74, 6) is 2.37. The SMILES string of the molecule is CC(C)c1noc(N2CCC(C(C)CCn3c(=O)cc(N4CCC[C@@H](N)C4)n(Cc4cccc(C#N)c4)c3=O)CC2)n1. The lowest BCUT2D eigenvalue weighted by atomic mass is 9.83. The normalized spacial score (nSPS) is 18.8.